The fraction of sp³-hybridized carbons (Fsp3) is 0.0526. The molecule has 8 nitrogen and oxygen atoms in total. The molecule has 0 saturated heterocycles. The molecule has 2 aromatic carbocycles. The number of rotatable bonds is 4. The summed E-state index contributed by atoms with van der Waals surface area (Å²) in [6, 6.07) is 14.7. The van der Waals surface area contributed by atoms with E-state index in [0.717, 1.165) is 22.4 Å². The summed E-state index contributed by atoms with van der Waals surface area (Å²) in [7, 11) is 0. The Morgan fingerprint density at radius 2 is 1.70 bits per heavy atom. The lowest BCUT2D eigenvalue weighted by Crippen LogP contribution is -2.06. The van der Waals surface area contributed by atoms with E-state index in [4.69, 9.17) is 5.73 Å². The van der Waals surface area contributed by atoms with Gasteiger partial charge in [-0.1, -0.05) is 0 Å². The Labute approximate surface area is 155 Å². The number of hydrogen-bond acceptors (Lipinski definition) is 6. The van der Waals surface area contributed by atoms with E-state index in [1.54, 1.807) is 17.1 Å². The van der Waals surface area contributed by atoms with Gasteiger partial charge in [0.05, 0.1) is 17.3 Å². The van der Waals surface area contributed by atoms with Crippen LogP contribution in [-0.2, 0) is 4.79 Å². The van der Waals surface area contributed by atoms with Crippen LogP contribution in [0.5, 0.6) is 0 Å². The average molecular weight is 359 g/mol. The molecule has 0 aliphatic rings. The van der Waals surface area contributed by atoms with Gasteiger partial charge in [0.15, 0.2) is 5.65 Å². The summed E-state index contributed by atoms with van der Waals surface area (Å²) in [5, 5.41) is 11.1. The minimum Gasteiger partial charge on any atom is -0.399 e. The number of fused-ring (bicyclic) bond motifs is 1. The van der Waals surface area contributed by atoms with Crippen LogP contribution in [0.4, 0.5) is 23.0 Å². The van der Waals surface area contributed by atoms with Gasteiger partial charge in [0.25, 0.3) is 0 Å². The van der Waals surface area contributed by atoms with Crippen LogP contribution in [0.2, 0.25) is 0 Å². The Hall–Kier alpha value is -3.94. The van der Waals surface area contributed by atoms with Gasteiger partial charge < -0.3 is 16.4 Å². The highest BCUT2D eigenvalue weighted by molar-refractivity contribution is 5.88. The first-order chi connectivity index (χ1) is 13.1. The molecule has 0 aliphatic carbocycles. The second-order valence-electron chi connectivity index (χ2n) is 6.00. The lowest BCUT2D eigenvalue weighted by atomic mass is 10.3. The third-order valence-electron chi connectivity index (χ3n) is 3.91. The molecule has 4 N–H and O–H groups in total. The Morgan fingerprint density at radius 1 is 1.00 bits per heavy atom. The summed E-state index contributed by atoms with van der Waals surface area (Å²) < 4.78 is 1.72. The number of nitrogens with one attached hydrogen (secondary N) is 2. The molecule has 0 atom stereocenters. The quantitative estimate of drug-likeness (QED) is 0.483. The highest BCUT2D eigenvalue weighted by Gasteiger charge is 2.09. The predicted octanol–water partition coefficient (Wildman–Crippen LogP) is 3.10. The van der Waals surface area contributed by atoms with Crippen molar-refractivity contribution in [2.75, 3.05) is 16.4 Å². The van der Waals surface area contributed by atoms with Gasteiger partial charge in [-0.3, -0.25) is 4.79 Å². The van der Waals surface area contributed by atoms with Crippen molar-refractivity contribution in [1.82, 2.24) is 19.7 Å². The van der Waals surface area contributed by atoms with Gasteiger partial charge in [-0.15, -0.1) is 0 Å². The number of anilines is 4. The molecule has 2 aromatic heterocycles. The maximum absolute atomic E-state index is 11.1. The number of carbonyl (C=O) groups is 1. The first-order valence-electron chi connectivity index (χ1n) is 8.30. The molecule has 0 bridgehead atoms. The number of benzene rings is 2. The highest BCUT2D eigenvalue weighted by Crippen LogP contribution is 2.21. The van der Waals surface area contributed by atoms with E-state index in [2.05, 4.69) is 25.7 Å². The van der Waals surface area contributed by atoms with E-state index >= 15 is 0 Å². The first kappa shape index (κ1) is 16.5. The molecule has 0 aliphatic heterocycles. The molecule has 2 heterocycles. The van der Waals surface area contributed by atoms with Crippen LogP contribution in [0.15, 0.2) is 60.9 Å². The lowest BCUT2D eigenvalue weighted by molar-refractivity contribution is -0.114. The summed E-state index contributed by atoms with van der Waals surface area (Å²) in [6.45, 7) is 1.47. The van der Waals surface area contributed by atoms with Gasteiger partial charge >= 0.3 is 0 Å². The molecule has 0 radical (unpaired) electrons. The summed E-state index contributed by atoms with van der Waals surface area (Å²) >= 11 is 0. The van der Waals surface area contributed by atoms with E-state index in [1.165, 1.54) is 6.92 Å². The molecule has 0 spiro atoms. The number of amides is 1. The number of nitrogen functional groups attached to an aromatic ring is 1. The molecule has 0 unspecified atom stereocenters. The minimum absolute atomic E-state index is 0.113. The Morgan fingerprint density at radius 3 is 2.41 bits per heavy atom. The van der Waals surface area contributed by atoms with Gasteiger partial charge in [0, 0.05) is 30.2 Å². The van der Waals surface area contributed by atoms with Crippen molar-refractivity contribution in [2.24, 2.45) is 0 Å². The SMILES string of the molecule is CC(=O)Nc1ccc(-n2ncc3cnc(Nc4ccc(N)cc4)nc32)cc1. The maximum Gasteiger partial charge on any atom is 0.229 e. The lowest BCUT2D eigenvalue weighted by Gasteiger charge is -2.07. The monoisotopic (exact) mass is 359 g/mol. The van der Waals surface area contributed by atoms with E-state index in [9.17, 15) is 4.79 Å². The van der Waals surface area contributed by atoms with Gasteiger partial charge in [0.1, 0.15) is 0 Å². The molecule has 27 heavy (non-hydrogen) atoms. The van der Waals surface area contributed by atoms with Crippen LogP contribution >= 0.6 is 0 Å². The molecular formula is C19H17N7O. The smallest absolute Gasteiger partial charge is 0.229 e. The molecule has 0 saturated carbocycles. The molecule has 4 aromatic rings. The zero-order chi connectivity index (χ0) is 18.8. The third kappa shape index (κ3) is 3.54. The van der Waals surface area contributed by atoms with E-state index < -0.39 is 0 Å². The fourth-order valence-electron chi connectivity index (χ4n) is 2.65. The molecule has 1 amide bonds. The second kappa shape index (κ2) is 6.75. The van der Waals surface area contributed by atoms with Gasteiger partial charge in [0.2, 0.25) is 11.9 Å². The zero-order valence-electron chi connectivity index (χ0n) is 14.5. The summed E-state index contributed by atoms with van der Waals surface area (Å²) in [4.78, 5) is 20.0. The summed E-state index contributed by atoms with van der Waals surface area (Å²) in [5.74, 6) is 0.349. The van der Waals surface area contributed by atoms with Gasteiger partial charge in [-0.2, -0.15) is 10.1 Å². The largest absolute Gasteiger partial charge is 0.399 e. The normalized spacial score (nSPS) is 10.7. The van der Waals surface area contributed by atoms with E-state index in [0.29, 0.717) is 17.3 Å². The van der Waals surface area contributed by atoms with Crippen LogP contribution < -0.4 is 16.4 Å². The molecule has 8 heteroatoms. The standard InChI is InChI=1S/C19H17N7O/c1-12(27)23-15-6-8-17(9-7-15)26-18-13(11-22-26)10-21-19(25-18)24-16-4-2-14(20)3-5-16/h2-11H,20H2,1H3,(H,23,27)(H,21,24,25). The Kier molecular flexibility index (Phi) is 4.13. The van der Waals surface area contributed by atoms with Crippen molar-refractivity contribution in [2.45, 2.75) is 6.92 Å². The number of carbonyl (C=O) groups excluding carboxylic acids is 1. The summed E-state index contributed by atoms with van der Waals surface area (Å²) in [6.07, 6.45) is 3.43. The van der Waals surface area contributed by atoms with Crippen molar-refractivity contribution in [3.05, 3.63) is 60.9 Å². The van der Waals surface area contributed by atoms with Crippen LogP contribution in [0, 0.1) is 0 Å². The van der Waals surface area contributed by atoms with E-state index in [-0.39, 0.29) is 5.91 Å². The minimum atomic E-state index is -0.113. The molecule has 4 rings (SSSR count). The van der Waals surface area contributed by atoms with Crippen LogP contribution in [0.1, 0.15) is 6.92 Å². The van der Waals surface area contributed by atoms with Gasteiger partial charge in [-0.05, 0) is 48.5 Å². The van der Waals surface area contributed by atoms with Crippen molar-refractivity contribution >= 4 is 40.0 Å². The van der Waals surface area contributed by atoms with Crippen molar-refractivity contribution in [1.29, 1.82) is 0 Å². The molecule has 0 fully saturated rings. The molecular weight excluding hydrogens is 342 g/mol. The van der Waals surface area contributed by atoms with E-state index in [1.807, 2.05) is 48.5 Å². The fourth-order valence-corrected chi connectivity index (χ4v) is 2.65. The number of aromatic nitrogens is 4. The number of nitrogens with zero attached hydrogens (tertiary/aromatic N) is 4. The second-order valence-corrected chi connectivity index (χ2v) is 6.00. The number of hydrogen-bond donors (Lipinski definition) is 3. The van der Waals surface area contributed by atoms with Crippen LogP contribution in [0.25, 0.3) is 16.7 Å². The van der Waals surface area contributed by atoms with Crippen molar-refractivity contribution in [3.8, 4) is 5.69 Å². The topological polar surface area (TPSA) is 111 Å². The van der Waals surface area contributed by atoms with Crippen molar-refractivity contribution in [3.63, 3.8) is 0 Å². The van der Waals surface area contributed by atoms with Crippen LogP contribution in [0.3, 0.4) is 0 Å². The number of nitrogens with two attached hydrogens (primary N) is 1. The predicted molar refractivity (Wildman–Crippen MR) is 105 cm³/mol. The Balaban J connectivity index is 1.65. The molecule has 134 valence electrons. The third-order valence-corrected chi connectivity index (χ3v) is 3.91. The highest BCUT2D eigenvalue weighted by atomic mass is 16.1. The van der Waals surface area contributed by atoms with Crippen LogP contribution in [-0.4, -0.2) is 25.7 Å². The average Bonchev–Trinajstić information content (AvgIpc) is 3.07. The van der Waals surface area contributed by atoms with Crippen molar-refractivity contribution < 1.29 is 4.79 Å². The summed E-state index contributed by atoms with van der Waals surface area (Å²) in [5.41, 5.74) is 9.47. The first-order valence-corrected chi connectivity index (χ1v) is 8.30. The maximum atomic E-state index is 11.1. The van der Waals surface area contributed by atoms with Gasteiger partial charge in [-0.25, -0.2) is 9.67 Å². The zero-order valence-corrected chi connectivity index (χ0v) is 14.5. The Bertz CT molecular complexity index is 1100.